The van der Waals surface area contributed by atoms with Crippen molar-refractivity contribution in [3.63, 3.8) is 0 Å². The van der Waals surface area contributed by atoms with Gasteiger partial charge in [0.25, 0.3) is 0 Å². The molecule has 4 rings (SSSR count). The zero-order valence-corrected chi connectivity index (χ0v) is 14.8. The van der Waals surface area contributed by atoms with Crippen LogP contribution >= 0.6 is 11.6 Å². The first kappa shape index (κ1) is 16.1. The van der Waals surface area contributed by atoms with E-state index in [4.69, 9.17) is 26.3 Å². The Morgan fingerprint density at radius 2 is 1.72 bits per heavy atom. The third-order valence-electron chi connectivity index (χ3n) is 4.35. The van der Waals surface area contributed by atoms with Gasteiger partial charge in [0.15, 0.2) is 0 Å². The molecule has 0 amide bonds. The minimum Gasteiger partial charge on any atom is -0.438 e. The van der Waals surface area contributed by atoms with E-state index in [2.05, 4.69) is 16.8 Å². The van der Waals surface area contributed by atoms with E-state index in [-0.39, 0.29) is 0 Å². The number of likely N-dealkylation sites (N-methyl/N-ethyl adjacent to an activating group) is 1. The van der Waals surface area contributed by atoms with Crippen molar-refractivity contribution in [3.8, 4) is 11.6 Å². The van der Waals surface area contributed by atoms with E-state index in [1.165, 1.54) is 0 Å². The number of ether oxygens (including phenoxy) is 1. The Morgan fingerprint density at radius 3 is 2.48 bits per heavy atom. The summed E-state index contributed by atoms with van der Waals surface area (Å²) in [7, 11) is 2.13. The summed E-state index contributed by atoms with van der Waals surface area (Å²) < 4.78 is 6.05. The minimum atomic E-state index is 0.535. The number of anilines is 1. The molecule has 0 unspecified atom stereocenters. The van der Waals surface area contributed by atoms with Crippen LogP contribution in [0.1, 0.15) is 0 Å². The van der Waals surface area contributed by atoms with Gasteiger partial charge in [0, 0.05) is 31.2 Å². The van der Waals surface area contributed by atoms with Gasteiger partial charge in [-0.3, -0.25) is 0 Å². The standard InChI is InChI=1S/C19H19ClN4O/c1-23-9-11-24(12-10-23)19-21-17-8-7-14(20)13-16(17)18(22-19)25-15-5-3-2-4-6-15/h2-8,13H,9-12H2,1H3. The average molecular weight is 355 g/mol. The van der Waals surface area contributed by atoms with Crippen molar-refractivity contribution in [2.75, 3.05) is 38.1 Å². The first-order valence-electron chi connectivity index (χ1n) is 8.33. The lowest BCUT2D eigenvalue weighted by atomic mass is 10.2. The maximum absolute atomic E-state index is 6.17. The Morgan fingerprint density at radius 1 is 0.960 bits per heavy atom. The fraction of sp³-hybridized carbons (Fsp3) is 0.263. The molecular formula is C19H19ClN4O. The quantitative estimate of drug-likeness (QED) is 0.715. The second kappa shape index (κ2) is 6.86. The summed E-state index contributed by atoms with van der Waals surface area (Å²) in [5.74, 6) is 1.98. The van der Waals surface area contributed by atoms with Gasteiger partial charge in [0.2, 0.25) is 11.8 Å². The SMILES string of the molecule is CN1CCN(c2nc(Oc3ccccc3)c3cc(Cl)ccc3n2)CC1. The van der Waals surface area contributed by atoms with Gasteiger partial charge in [-0.1, -0.05) is 29.8 Å². The van der Waals surface area contributed by atoms with E-state index in [1.807, 2.05) is 48.5 Å². The third kappa shape index (κ3) is 3.52. The summed E-state index contributed by atoms with van der Waals surface area (Å²) >= 11 is 6.17. The molecule has 0 saturated carbocycles. The van der Waals surface area contributed by atoms with Gasteiger partial charge in [0.05, 0.1) is 10.9 Å². The summed E-state index contributed by atoms with van der Waals surface area (Å²) in [6.45, 7) is 3.80. The highest BCUT2D eigenvalue weighted by Crippen LogP contribution is 2.31. The van der Waals surface area contributed by atoms with E-state index in [0.29, 0.717) is 16.9 Å². The Labute approximate surface area is 151 Å². The highest BCUT2D eigenvalue weighted by molar-refractivity contribution is 6.31. The van der Waals surface area contributed by atoms with Crippen molar-refractivity contribution in [2.24, 2.45) is 0 Å². The van der Waals surface area contributed by atoms with Crippen molar-refractivity contribution in [2.45, 2.75) is 0 Å². The lowest BCUT2D eigenvalue weighted by molar-refractivity contribution is 0.311. The number of rotatable bonds is 3. The molecule has 1 aromatic heterocycles. The van der Waals surface area contributed by atoms with Gasteiger partial charge >= 0.3 is 0 Å². The van der Waals surface area contributed by atoms with Crippen LogP contribution in [0.2, 0.25) is 5.02 Å². The number of nitrogens with zero attached hydrogens (tertiary/aromatic N) is 4. The number of hydrogen-bond acceptors (Lipinski definition) is 5. The first-order valence-corrected chi connectivity index (χ1v) is 8.70. The number of piperazine rings is 1. The van der Waals surface area contributed by atoms with Crippen LogP contribution in [0.4, 0.5) is 5.95 Å². The minimum absolute atomic E-state index is 0.535. The largest absolute Gasteiger partial charge is 0.438 e. The molecule has 25 heavy (non-hydrogen) atoms. The summed E-state index contributed by atoms with van der Waals surface area (Å²) in [6, 6.07) is 15.3. The smallest absolute Gasteiger partial charge is 0.232 e. The number of hydrogen-bond donors (Lipinski definition) is 0. The molecule has 1 aliphatic heterocycles. The van der Waals surface area contributed by atoms with Crippen LogP contribution < -0.4 is 9.64 Å². The maximum atomic E-state index is 6.17. The number of benzene rings is 2. The lowest BCUT2D eigenvalue weighted by Crippen LogP contribution is -2.45. The molecule has 0 spiro atoms. The monoisotopic (exact) mass is 354 g/mol. The third-order valence-corrected chi connectivity index (χ3v) is 4.59. The van der Waals surface area contributed by atoms with Gasteiger partial charge in [0.1, 0.15) is 5.75 Å². The Balaban J connectivity index is 1.76. The molecule has 5 nitrogen and oxygen atoms in total. The summed E-state index contributed by atoms with van der Waals surface area (Å²) in [5, 5.41) is 1.45. The van der Waals surface area contributed by atoms with Gasteiger partial charge in [-0.15, -0.1) is 0 Å². The lowest BCUT2D eigenvalue weighted by Gasteiger charge is -2.32. The maximum Gasteiger partial charge on any atom is 0.232 e. The van der Waals surface area contributed by atoms with Crippen molar-refractivity contribution < 1.29 is 4.74 Å². The van der Waals surface area contributed by atoms with Crippen LogP contribution in [-0.2, 0) is 0 Å². The van der Waals surface area contributed by atoms with Crippen LogP contribution in [-0.4, -0.2) is 48.1 Å². The zero-order valence-electron chi connectivity index (χ0n) is 14.0. The van der Waals surface area contributed by atoms with E-state index < -0.39 is 0 Å². The summed E-state index contributed by atoms with van der Waals surface area (Å²) in [5.41, 5.74) is 0.833. The predicted octanol–water partition coefficient (Wildman–Crippen LogP) is 3.83. The molecule has 1 aliphatic rings. The summed E-state index contributed by atoms with van der Waals surface area (Å²) in [6.07, 6.45) is 0. The first-order chi connectivity index (χ1) is 12.2. The molecule has 0 atom stereocenters. The van der Waals surface area contributed by atoms with Gasteiger partial charge in [-0.05, 0) is 37.4 Å². The number of aromatic nitrogens is 2. The fourth-order valence-electron chi connectivity index (χ4n) is 2.89. The van der Waals surface area contributed by atoms with E-state index >= 15 is 0 Å². The molecule has 0 aliphatic carbocycles. The Kier molecular flexibility index (Phi) is 4.42. The topological polar surface area (TPSA) is 41.5 Å². The highest BCUT2D eigenvalue weighted by atomic mass is 35.5. The molecule has 1 fully saturated rings. The molecule has 2 heterocycles. The average Bonchev–Trinajstić information content (AvgIpc) is 2.63. The molecule has 0 bridgehead atoms. The van der Waals surface area contributed by atoms with E-state index in [0.717, 1.165) is 42.8 Å². The van der Waals surface area contributed by atoms with Crippen LogP contribution in [0, 0.1) is 0 Å². The van der Waals surface area contributed by atoms with Crippen LogP contribution in [0.25, 0.3) is 10.9 Å². The van der Waals surface area contributed by atoms with Gasteiger partial charge in [-0.25, -0.2) is 4.98 Å². The van der Waals surface area contributed by atoms with Crippen molar-refractivity contribution in [1.82, 2.24) is 14.9 Å². The van der Waals surface area contributed by atoms with E-state index in [1.54, 1.807) is 0 Å². The number of para-hydroxylation sites is 1. The molecule has 2 aromatic carbocycles. The van der Waals surface area contributed by atoms with Crippen LogP contribution in [0.3, 0.4) is 0 Å². The van der Waals surface area contributed by atoms with Crippen LogP contribution in [0.5, 0.6) is 11.6 Å². The zero-order chi connectivity index (χ0) is 17.2. The second-order valence-electron chi connectivity index (χ2n) is 6.20. The molecule has 6 heteroatoms. The second-order valence-corrected chi connectivity index (χ2v) is 6.63. The van der Waals surface area contributed by atoms with Crippen LogP contribution in [0.15, 0.2) is 48.5 Å². The molecule has 3 aromatic rings. The van der Waals surface area contributed by atoms with Crippen molar-refractivity contribution >= 4 is 28.5 Å². The highest BCUT2D eigenvalue weighted by Gasteiger charge is 2.19. The van der Waals surface area contributed by atoms with Crippen molar-refractivity contribution in [3.05, 3.63) is 53.6 Å². The molecular weight excluding hydrogens is 336 g/mol. The van der Waals surface area contributed by atoms with E-state index in [9.17, 15) is 0 Å². The number of fused-ring (bicyclic) bond motifs is 1. The van der Waals surface area contributed by atoms with Gasteiger partial charge in [-0.2, -0.15) is 4.98 Å². The van der Waals surface area contributed by atoms with Gasteiger partial charge < -0.3 is 14.5 Å². The normalized spacial score (nSPS) is 15.5. The molecule has 0 N–H and O–H groups in total. The Bertz CT molecular complexity index is 879. The number of halogens is 1. The molecule has 128 valence electrons. The molecule has 1 saturated heterocycles. The van der Waals surface area contributed by atoms with Crippen molar-refractivity contribution in [1.29, 1.82) is 0 Å². The molecule has 0 radical (unpaired) electrons. The summed E-state index contributed by atoms with van der Waals surface area (Å²) in [4.78, 5) is 13.9. The Hall–Kier alpha value is -2.37. The predicted molar refractivity (Wildman–Crippen MR) is 101 cm³/mol. The fourth-order valence-corrected chi connectivity index (χ4v) is 3.06.